The Bertz CT molecular complexity index is 706. The van der Waals surface area contributed by atoms with Gasteiger partial charge in [0.15, 0.2) is 0 Å². The maximum Gasteiger partial charge on any atom is 0.234 e. The summed E-state index contributed by atoms with van der Waals surface area (Å²) in [6.45, 7) is 2.99. The zero-order chi connectivity index (χ0) is 18.2. The second-order valence-electron chi connectivity index (χ2n) is 6.06. The third-order valence-electron chi connectivity index (χ3n) is 4.27. The number of halogens is 1. The van der Waals surface area contributed by atoms with Gasteiger partial charge < -0.3 is 10.1 Å². The maximum atomic E-state index is 12.2. The molecule has 1 unspecified atom stereocenters. The first-order valence-corrected chi connectivity index (χ1v) is 8.73. The summed E-state index contributed by atoms with van der Waals surface area (Å²) in [6, 6.07) is 15.7. The van der Waals surface area contributed by atoms with Crippen LogP contribution in [0, 0.1) is 0 Å². The van der Waals surface area contributed by atoms with Crippen LogP contribution in [0.4, 0.5) is 0 Å². The van der Waals surface area contributed by atoms with Crippen LogP contribution >= 0.6 is 11.6 Å². The van der Waals surface area contributed by atoms with E-state index in [0.29, 0.717) is 18.1 Å². The number of ether oxygens (including phenoxy) is 1. The molecule has 0 aliphatic rings. The van der Waals surface area contributed by atoms with Crippen LogP contribution in [-0.4, -0.2) is 38.1 Å². The number of methoxy groups -OCH3 is 1. The van der Waals surface area contributed by atoms with E-state index in [9.17, 15) is 4.79 Å². The fraction of sp³-hybridized carbons (Fsp3) is 0.350. The number of para-hydroxylation sites is 1. The zero-order valence-corrected chi connectivity index (χ0v) is 15.7. The van der Waals surface area contributed by atoms with Gasteiger partial charge in [-0.2, -0.15) is 0 Å². The molecule has 1 N–H and O–H groups in total. The summed E-state index contributed by atoms with van der Waals surface area (Å²) in [5.41, 5.74) is 2.18. The van der Waals surface area contributed by atoms with Crippen molar-refractivity contribution in [2.45, 2.75) is 19.4 Å². The van der Waals surface area contributed by atoms with Gasteiger partial charge in [0.2, 0.25) is 5.91 Å². The van der Waals surface area contributed by atoms with Crippen LogP contribution in [0.15, 0.2) is 48.5 Å². The minimum Gasteiger partial charge on any atom is -0.496 e. The fourth-order valence-electron chi connectivity index (χ4n) is 2.71. The van der Waals surface area contributed by atoms with Crippen molar-refractivity contribution in [1.29, 1.82) is 0 Å². The molecule has 4 nitrogen and oxygen atoms in total. The highest BCUT2D eigenvalue weighted by Gasteiger charge is 2.17. The average Bonchev–Trinajstić information content (AvgIpc) is 2.61. The molecule has 2 aromatic carbocycles. The van der Waals surface area contributed by atoms with Gasteiger partial charge in [0, 0.05) is 23.2 Å². The minimum atomic E-state index is 0.00581. The largest absolute Gasteiger partial charge is 0.496 e. The molecule has 25 heavy (non-hydrogen) atoms. The fourth-order valence-corrected chi connectivity index (χ4v) is 2.92. The van der Waals surface area contributed by atoms with Gasteiger partial charge in [0.1, 0.15) is 5.75 Å². The van der Waals surface area contributed by atoms with Gasteiger partial charge in [0.25, 0.3) is 0 Å². The lowest BCUT2D eigenvalue weighted by Gasteiger charge is -2.25. The van der Waals surface area contributed by atoms with Crippen LogP contribution in [-0.2, 0) is 11.2 Å². The molecule has 5 heteroatoms. The summed E-state index contributed by atoms with van der Waals surface area (Å²) < 4.78 is 5.41. The lowest BCUT2D eigenvalue weighted by atomic mass is 10.1. The molecule has 0 spiro atoms. The van der Waals surface area contributed by atoms with Crippen molar-refractivity contribution < 1.29 is 9.53 Å². The summed E-state index contributed by atoms with van der Waals surface area (Å²) in [6.07, 6.45) is 0.762. The molecular formula is C20H25ClN2O2. The van der Waals surface area contributed by atoms with E-state index in [1.165, 1.54) is 0 Å². The van der Waals surface area contributed by atoms with Crippen LogP contribution in [0.2, 0.25) is 5.02 Å². The van der Waals surface area contributed by atoms with Crippen LogP contribution in [0.25, 0.3) is 0 Å². The number of rotatable bonds is 8. The van der Waals surface area contributed by atoms with Crippen molar-refractivity contribution in [3.63, 3.8) is 0 Å². The highest BCUT2D eigenvalue weighted by molar-refractivity contribution is 6.30. The SMILES string of the molecule is COc1ccccc1C(C)N(C)CC(=O)NCCc1cccc(Cl)c1. The van der Waals surface area contributed by atoms with Crippen molar-refractivity contribution in [2.24, 2.45) is 0 Å². The average molecular weight is 361 g/mol. The van der Waals surface area contributed by atoms with E-state index >= 15 is 0 Å². The smallest absolute Gasteiger partial charge is 0.234 e. The van der Waals surface area contributed by atoms with Gasteiger partial charge in [-0.05, 0) is 44.2 Å². The Labute approximate surface area is 154 Å². The van der Waals surface area contributed by atoms with Crippen molar-refractivity contribution in [3.05, 3.63) is 64.7 Å². The second-order valence-corrected chi connectivity index (χ2v) is 6.50. The van der Waals surface area contributed by atoms with Gasteiger partial charge in [-0.3, -0.25) is 9.69 Å². The molecule has 0 saturated heterocycles. The number of nitrogens with zero attached hydrogens (tertiary/aromatic N) is 1. The molecule has 134 valence electrons. The Kier molecular flexibility index (Phi) is 7.29. The van der Waals surface area contributed by atoms with Gasteiger partial charge in [-0.1, -0.05) is 41.9 Å². The highest BCUT2D eigenvalue weighted by Crippen LogP contribution is 2.27. The third-order valence-corrected chi connectivity index (χ3v) is 4.50. The quantitative estimate of drug-likeness (QED) is 0.780. The van der Waals surface area contributed by atoms with Crippen molar-refractivity contribution in [1.82, 2.24) is 10.2 Å². The number of amides is 1. The van der Waals surface area contributed by atoms with Crippen LogP contribution in [0.1, 0.15) is 24.1 Å². The molecular weight excluding hydrogens is 336 g/mol. The first-order valence-electron chi connectivity index (χ1n) is 8.35. The highest BCUT2D eigenvalue weighted by atomic mass is 35.5. The summed E-state index contributed by atoms with van der Waals surface area (Å²) in [7, 11) is 3.60. The molecule has 0 fully saturated rings. The number of hydrogen-bond acceptors (Lipinski definition) is 3. The third kappa shape index (κ3) is 5.76. The monoisotopic (exact) mass is 360 g/mol. The molecule has 1 atom stereocenters. The summed E-state index contributed by atoms with van der Waals surface area (Å²) >= 11 is 5.97. The molecule has 2 aromatic rings. The zero-order valence-electron chi connectivity index (χ0n) is 15.0. The first-order chi connectivity index (χ1) is 12.0. The number of likely N-dealkylation sites (N-methyl/N-ethyl adjacent to an activating group) is 1. The van der Waals surface area contributed by atoms with E-state index in [4.69, 9.17) is 16.3 Å². The maximum absolute atomic E-state index is 12.2. The van der Waals surface area contributed by atoms with E-state index in [1.54, 1.807) is 7.11 Å². The molecule has 2 rings (SSSR count). The van der Waals surface area contributed by atoms with E-state index in [1.807, 2.05) is 60.5 Å². The molecule has 0 aromatic heterocycles. The number of carbonyl (C=O) groups is 1. The molecule has 0 heterocycles. The lowest BCUT2D eigenvalue weighted by Crippen LogP contribution is -2.37. The molecule has 0 radical (unpaired) electrons. The Morgan fingerprint density at radius 2 is 2.00 bits per heavy atom. The molecule has 0 aliphatic carbocycles. The Morgan fingerprint density at radius 3 is 2.72 bits per heavy atom. The number of nitrogens with one attached hydrogen (secondary N) is 1. The normalized spacial score (nSPS) is 12.0. The van der Waals surface area contributed by atoms with Crippen molar-refractivity contribution in [3.8, 4) is 5.75 Å². The number of benzene rings is 2. The van der Waals surface area contributed by atoms with Gasteiger partial charge in [-0.15, -0.1) is 0 Å². The summed E-state index contributed by atoms with van der Waals surface area (Å²) in [4.78, 5) is 14.2. The molecule has 0 aliphatic heterocycles. The Morgan fingerprint density at radius 1 is 1.24 bits per heavy atom. The van der Waals surface area contributed by atoms with Crippen LogP contribution < -0.4 is 10.1 Å². The van der Waals surface area contributed by atoms with Crippen molar-refractivity contribution >= 4 is 17.5 Å². The second kappa shape index (κ2) is 9.44. The first kappa shape index (κ1) is 19.3. The number of carbonyl (C=O) groups excluding carboxylic acids is 1. The Hall–Kier alpha value is -2.04. The lowest BCUT2D eigenvalue weighted by molar-refractivity contribution is -0.122. The van der Waals surface area contributed by atoms with Gasteiger partial charge >= 0.3 is 0 Å². The van der Waals surface area contributed by atoms with Crippen LogP contribution in [0.3, 0.4) is 0 Å². The summed E-state index contributed by atoms with van der Waals surface area (Å²) in [5, 5.41) is 3.68. The van der Waals surface area contributed by atoms with Gasteiger partial charge in [0.05, 0.1) is 13.7 Å². The van der Waals surface area contributed by atoms with Gasteiger partial charge in [-0.25, -0.2) is 0 Å². The standard InChI is InChI=1S/C20H25ClN2O2/c1-15(18-9-4-5-10-19(18)25-3)23(2)14-20(24)22-12-11-16-7-6-8-17(21)13-16/h4-10,13,15H,11-12,14H2,1-3H3,(H,22,24). The predicted octanol–water partition coefficient (Wildman–Crippen LogP) is 3.70. The van der Waals surface area contributed by atoms with E-state index in [-0.39, 0.29) is 11.9 Å². The van der Waals surface area contributed by atoms with E-state index in [2.05, 4.69) is 12.2 Å². The number of hydrogen-bond donors (Lipinski definition) is 1. The van der Waals surface area contributed by atoms with Crippen molar-refractivity contribution in [2.75, 3.05) is 27.2 Å². The van der Waals surface area contributed by atoms with Crippen LogP contribution in [0.5, 0.6) is 5.75 Å². The van der Waals surface area contributed by atoms with E-state index < -0.39 is 0 Å². The van der Waals surface area contributed by atoms with E-state index in [0.717, 1.165) is 23.3 Å². The topological polar surface area (TPSA) is 41.6 Å². The molecule has 0 bridgehead atoms. The predicted molar refractivity (Wildman–Crippen MR) is 102 cm³/mol. The Balaban J connectivity index is 1.83. The summed E-state index contributed by atoms with van der Waals surface area (Å²) in [5.74, 6) is 0.842. The molecule has 1 amide bonds. The minimum absolute atomic E-state index is 0.00581. The molecule has 0 saturated carbocycles.